The molecule has 0 fully saturated rings. The van der Waals surface area contributed by atoms with E-state index in [0.29, 0.717) is 5.88 Å². The summed E-state index contributed by atoms with van der Waals surface area (Å²) in [6, 6.07) is 14.8. The smallest absolute Gasteiger partial charge is 0.240 e. The highest BCUT2D eigenvalue weighted by Crippen LogP contribution is 2.28. The molecule has 0 aliphatic heterocycles. The Hall–Kier alpha value is -1.99. The first-order valence-electron chi connectivity index (χ1n) is 9.08. The molecule has 0 aliphatic carbocycles. The van der Waals surface area contributed by atoms with Crippen LogP contribution in [0.4, 0.5) is 0 Å². The maximum Gasteiger partial charge on any atom is 0.240 e. The van der Waals surface area contributed by atoms with Crippen LogP contribution in [0.1, 0.15) is 0 Å². The average Bonchev–Trinajstić information content (AvgIpc) is 2.58. The zero-order valence-corrected chi connectivity index (χ0v) is 18.8. The van der Waals surface area contributed by atoms with Crippen molar-refractivity contribution in [3.63, 3.8) is 0 Å². The van der Waals surface area contributed by atoms with Crippen molar-refractivity contribution < 1.29 is 4.74 Å². The molecule has 0 bridgehead atoms. The normalized spacial score (nSPS) is 12.4. The van der Waals surface area contributed by atoms with E-state index in [1.165, 1.54) is 10.4 Å². The van der Waals surface area contributed by atoms with Gasteiger partial charge in [0.25, 0.3) is 0 Å². The number of hydrogen-bond donors (Lipinski definition) is 0. The van der Waals surface area contributed by atoms with E-state index in [4.69, 9.17) is 14.7 Å². The molecule has 136 valence electrons. The molecule has 0 aliphatic rings. The molecule has 5 heteroatoms. The topological polar surface area (TPSA) is 35.0 Å². The van der Waals surface area contributed by atoms with Gasteiger partial charge in [0, 0.05) is 5.56 Å². The second-order valence-electron chi connectivity index (χ2n) is 8.81. The van der Waals surface area contributed by atoms with E-state index in [1.807, 2.05) is 18.2 Å². The van der Waals surface area contributed by atoms with Crippen LogP contribution in [0.25, 0.3) is 22.3 Å². The molecule has 0 unspecified atom stereocenters. The molecule has 0 saturated heterocycles. The van der Waals surface area contributed by atoms with E-state index < -0.39 is 16.1 Å². The van der Waals surface area contributed by atoms with Crippen molar-refractivity contribution in [1.29, 1.82) is 0 Å². The Bertz CT molecular complexity index is 942. The van der Waals surface area contributed by atoms with E-state index in [9.17, 15) is 0 Å². The lowest BCUT2D eigenvalue weighted by Crippen LogP contribution is -2.44. The molecule has 0 radical (unpaired) electrons. The third kappa shape index (κ3) is 3.46. The first-order valence-corrected chi connectivity index (χ1v) is 16.1. The average molecular weight is 381 g/mol. The summed E-state index contributed by atoms with van der Waals surface area (Å²) in [7, 11) is -1.43. The Kier molecular flexibility index (Phi) is 4.79. The first-order chi connectivity index (χ1) is 12.1. The summed E-state index contributed by atoms with van der Waals surface area (Å²) in [5.41, 5.74) is 3.95. The minimum Gasteiger partial charge on any atom is -0.479 e. The van der Waals surface area contributed by atoms with Crippen LogP contribution < -0.4 is 15.1 Å². The van der Waals surface area contributed by atoms with E-state index in [0.717, 1.165) is 22.3 Å². The number of fused-ring (bicyclic) bond motifs is 1. The number of rotatable bonds is 4. The molecule has 0 amide bonds. The van der Waals surface area contributed by atoms with Crippen LogP contribution >= 0.6 is 0 Å². The number of nitrogens with zero attached hydrogens (tertiary/aromatic N) is 2. The second kappa shape index (κ2) is 6.63. The fraction of sp³-hybridized carbons (Fsp3) is 0.333. The molecule has 0 atom stereocenters. The molecule has 0 spiro atoms. The van der Waals surface area contributed by atoms with Gasteiger partial charge in [0.1, 0.15) is 5.69 Å². The lowest BCUT2D eigenvalue weighted by atomic mass is 10.1. The van der Waals surface area contributed by atoms with E-state index in [-0.39, 0.29) is 0 Å². The minimum atomic E-state index is -1.56. The number of hydrogen-bond acceptors (Lipinski definition) is 3. The second-order valence-corrected chi connectivity index (χ2v) is 18.9. The molecule has 3 nitrogen and oxygen atoms in total. The third-order valence-corrected chi connectivity index (χ3v) is 8.69. The predicted octanol–water partition coefficient (Wildman–Crippen LogP) is 4.40. The van der Waals surface area contributed by atoms with Gasteiger partial charge in [-0.1, -0.05) is 81.7 Å². The van der Waals surface area contributed by atoms with Gasteiger partial charge in [-0.2, -0.15) is 0 Å². The van der Waals surface area contributed by atoms with Crippen LogP contribution in [-0.2, 0) is 0 Å². The number of benzene rings is 2. The summed E-state index contributed by atoms with van der Waals surface area (Å²) >= 11 is 0. The fourth-order valence-electron chi connectivity index (χ4n) is 3.26. The van der Waals surface area contributed by atoms with Gasteiger partial charge < -0.3 is 4.74 Å². The van der Waals surface area contributed by atoms with Gasteiger partial charge >= 0.3 is 0 Å². The Balaban J connectivity index is 2.43. The molecule has 3 rings (SSSR count). The van der Waals surface area contributed by atoms with Gasteiger partial charge in [0.2, 0.25) is 5.88 Å². The maximum absolute atomic E-state index is 5.65. The van der Waals surface area contributed by atoms with Crippen LogP contribution in [0.2, 0.25) is 39.3 Å². The zero-order valence-electron chi connectivity index (χ0n) is 16.8. The maximum atomic E-state index is 5.65. The van der Waals surface area contributed by atoms with Crippen LogP contribution in [-0.4, -0.2) is 33.2 Å². The number of aromatic nitrogens is 2. The summed E-state index contributed by atoms with van der Waals surface area (Å²) in [4.78, 5) is 10.1. The van der Waals surface area contributed by atoms with E-state index in [2.05, 4.69) is 63.5 Å². The highest BCUT2D eigenvalue weighted by Gasteiger charge is 2.27. The Morgan fingerprint density at radius 1 is 0.692 bits per heavy atom. The van der Waals surface area contributed by atoms with Crippen molar-refractivity contribution in [2.24, 2.45) is 0 Å². The summed E-state index contributed by atoms with van der Waals surface area (Å²) < 4.78 is 5.65. The van der Waals surface area contributed by atoms with Crippen molar-refractivity contribution in [3.8, 4) is 17.1 Å². The molecule has 1 heterocycles. The molecule has 0 saturated carbocycles. The number of methoxy groups -OCH3 is 1. The van der Waals surface area contributed by atoms with Gasteiger partial charge in [0.15, 0.2) is 0 Å². The lowest BCUT2D eigenvalue weighted by Gasteiger charge is -2.24. The van der Waals surface area contributed by atoms with Crippen molar-refractivity contribution >= 4 is 37.6 Å². The van der Waals surface area contributed by atoms with Crippen molar-refractivity contribution in [1.82, 2.24) is 9.97 Å². The highest BCUT2D eigenvalue weighted by atomic mass is 28.3. The van der Waals surface area contributed by atoms with Crippen LogP contribution in [0.5, 0.6) is 5.88 Å². The Morgan fingerprint density at radius 2 is 1.19 bits per heavy atom. The molecule has 26 heavy (non-hydrogen) atoms. The van der Waals surface area contributed by atoms with Gasteiger partial charge in [-0.05, 0) is 10.4 Å². The summed E-state index contributed by atoms with van der Waals surface area (Å²) in [6.45, 7) is 14.2. The third-order valence-electron chi connectivity index (χ3n) is 4.65. The molecular weight excluding hydrogens is 352 g/mol. The van der Waals surface area contributed by atoms with Gasteiger partial charge in [-0.3, -0.25) is 0 Å². The van der Waals surface area contributed by atoms with E-state index >= 15 is 0 Å². The zero-order chi connectivity index (χ0) is 19.1. The van der Waals surface area contributed by atoms with Gasteiger partial charge in [-0.25, -0.2) is 9.97 Å². The van der Waals surface area contributed by atoms with E-state index in [1.54, 1.807) is 7.11 Å². The summed E-state index contributed by atoms with van der Waals surface area (Å²) in [5, 5.41) is 2.71. The SMILES string of the molecule is COc1nc2c([Si](C)(C)C)ccc([Si](C)(C)C)c2nc1-c1ccccc1. The predicted molar refractivity (Wildman–Crippen MR) is 117 cm³/mol. The fourth-order valence-corrected chi connectivity index (χ4v) is 6.19. The molecular formula is C21H28N2OSi2. The van der Waals surface area contributed by atoms with Crippen molar-refractivity contribution in [2.45, 2.75) is 39.3 Å². The van der Waals surface area contributed by atoms with Gasteiger partial charge in [0.05, 0.1) is 34.3 Å². The van der Waals surface area contributed by atoms with Gasteiger partial charge in [-0.15, -0.1) is 0 Å². The first kappa shape index (κ1) is 18.8. The Morgan fingerprint density at radius 3 is 1.65 bits per heavy atom. The van der Waals surface area contributed by atoms with Crippen LogP contribution in [0.3, 0.4) is 0 Å². The minimum absolute atomic E-state index is 0.607. The lowest BCUT2D eigenvalue weighted by molar-refractivity contribution is 0.400. The molecule has 3 aromatic rings. The quantitative estimate of drug-likeness (QED) is 0.629. The van der Waals surface area contributed by atoms with Crippen LogP contribution in [0, 0.1) is 0 Å². The highest BCUT2D eigenvalue weighted by molar-refractivity contribution is 6.92. The molecule has 0 N–H and O–H groups in total. The van der Waals surface area contributed by atoms with Crippen molar-refractivity contribution in [3.05, 3.63) is 42.5 Å². The van der Waals surface area contributed by atoms with Crippen LogP contribution in [0.15, 0.2) is 42.5 Å². The monoisotopic (exact) mass is 380 g/mol. The Labute approximate surface area is 158 Å². The molecule has 2 aromatic carbocycles. The summed E-state index contributed by atoms with van der Waals surface area (Å²) in [5.74, 6) is 0.607. The molecule has 1 aromatic heterocycles. The summed E-state index contributed by atoms with van der Waals surface area (Å²) in [6.07, 6.45) is 0. The van der Waals surface area contributed by atoms with Crippen molar-refractivity contribution in [2.75, 3.05) is 7.11 Å². The standard InChI is InChI=1S/C21H28N2OSi2/c1-24-21-18(15-11-9-8-10-12-15)22-19-16(25(2,3)4)13-14-17(20(19)23-21)26(5,6)7/h8-14H,1-7H3. The number of ether oxygens (including phenoxy) is 1. The largest absolute Gasteiger partial charge is 0.479 e.